The number of phenols is 3. The summed E-state index contributed by atoms with van der Waals surface area (Å²) in [4.78, 5) is 2.01. The van der Waals surface area contributed by atoms with Gasteiger partial charge in [-0.25, -0.2) is 0 Å². The van der Waals surface area contributed by atoms with E-state index >= 15 is 0 Å². The Labute approximate surface area is 289 Å². The molecule has 14 heteroatoms. The van der Waals surface area contributed by atoms with Gasteiger partial charge in [-0.2, -0.15) is 0 Å². The molecule has 4 unspecified atom stereocenters. The number of allylic oxidation sites excluding steroid dienone is 1. The van der Waals surface area contributed by atoms with Gasteiger partial charge in [-0.1, -0.05) is 13.3 Å². The molecule has 3 aliphatic heterocycles. The zero-order chi connectivity index (χ0) is 35.2. The molecule has 1 fully saturated rings. The smallest absolute Gasteiger partial charge is 0.186 e. The van der Waals surface area contributed by atoms with Crippen molar-refractivity contribution in [3.8, 4) is 28.7 Å². The fourth-order valence-electron chi connectivity index (χ4n) is 7.69. The molecule has 0 aromatic heterocycles. The van der Waals surface area contributed by atoms with Gasteiger partial charge in [-0.15, -0.1) is 0 Å². The Balaban J connectivity index is 1.34. The van der Waals surface area contributed by atoms with Crippen molar-refractivity contribution in [2.75, 3.05) is 14.2 Å². The maximum absolute atomic E-state index is 12.0. The van der Waals surface area contributed by atoms with Crippen LogP contribution in [0.3, 0.4) is 0 Å². The number of halogens is 1. The predicted molar refractivity (Wildman–Crippen MR) is 180 cm³/mol. The molecule has 4 aliphatic rings. The van der Waals surface area contributed by atoms with Crippen molar-refractivity contribution in [3.63, 3.8) is 0 Å². The summed E-state index contributed by atoms with van der Waals surface area (Å²) in [5.74, 6) is -0.0362. The van der Waals surface area contributed by atoms with Gasteiger partial charge in [0.1, 0.15) is 53.5 Å². The molecule has 3 heterocycles. The van der Waals surface area contributed by atoms with Crippen LogP contribution in [0.2, 0.25) is 0 Å². The van der Waals surface area contributed by atoms with E-state index in [-0.39, 0.29) is 69.3 Å². The van der Waals surface area contributed by atoms with Crippen molar-refractivity contribution in [2.24, 2.45) is 0 Å². The van der Waals surface area contributed by atoms with Crippen molar-refractivity contribution in [1.82, 2.24) is 4.90 Å². The van der Waals surface area contributed by atoms with Crippen LogP contribution in [0, 0.1) is 0 Å². The third-order valence-electron chi connectivity index (χ3n) is 10.3. The molecule has 0 amide bonds. The van der Waals surface area contributed by atoms with Crippen molar-refractivity contribution >= 4 is 42.0 Å². The molecule has 13 nitrogen and oxygen atoms in total. The van der Waals surface area contributed by atoms with Gasteiger partial charge < -0.3 is 64.7 Å². The lowest BCUT2D eigenvalue weighted by atomic mass is 9.83. The van der Waals surface area contributed by atoms with E-state index in [1.807, 2.05) is 11.9 Å². The van der Waals surface area contributed by atoms with Crippen LogP contribution in [-0.2, 0) is 22.4 Å². The van der Waals surface area contributed by atoms with Gasteiger partial charge in [0.2, 0.25) is 0 Å². The first-order valence-corrected chi connectivity index (χ1v) is 17.1. The van der Waals surface area contributed by atoms with Crippen LogP contribution in [0.5, 0.6) is 28.7 Å². The predicted octanol–water partition coefficient (Wildman–Crippen LogP) is 2.95. The number of ether oxygens (including phenoxy) is 4. The van der Waals surface area contributed by atoms with E-state index in [1.54, 1.807) is 12.1 Å². The minimum Gasteiger partial charge on any atom is -0.507 e. The van der Waals surface area contributed by atoms with Crippen molar-refractivity contribution < 1.29 is 59.8 Å². The third kappa shape index (κ3) is 5.07. The summed E-state index contributed by atoms with van der Waals surface area (Å²) in [5, 5.41) is 90.1. The topological polar surface area (TPSA) is 202 Å². The highest BCUT2D eigenvalue weighted by atomic mass is 79.9. The molecule has 8 atom stereocenters. The minimum absolute atomic E-state index is 0.0551. The number of aliphatic hydroxyl groups excluding tert-OH is 5. The Hall–Kier alpha value is -3.34. The van der Waals surface area contributed by atoms with E-state index < -0.39 is 49.0 Å². The molecule has 3 aromatic rings. The standard InChI is InChI=1S/C35H40BrNO12/c1-5-6-18-24(36)23-17(11-37(18)3)29(43)21-13(27(23)41)7-8-14-22(21)28(42)16-9-15-26(40)20(10-19(38)32(15)49-34(16)33(14)46-4)48-35-31(45)30(44)25(39)12(2)47-35/h7-8,12,19-20,25-26,30-31,35,38-45H,5-6,9-11H2,1-4H3/t12-,19?,20?,25-,26?,30+,31+,35?/m1/s1. The number of nitrogens with zero attached hydrogens (tertiary/aromatic N) is 1. The van der Waals surface area contributed by atoms with Crippen LogP contribution < -0.4 is 9.47 Å². The van der Waals surface area contributed by atoms with Gasteiger partial charge in [-0.05, 0) is 41.4 Å². The lowest BCUT2D eigenvalue weighted by Crippen LogP contribution is -2.59. The Morgan fingerprint density at radius 1 is 0.939 bits per heavy atom. The number of benzene rings is 3. The molecule has 0 saturated carbocycles. The molecule has 0 spiro atoms. The Morgan fingerprint density at radius 3 is 2.31 bits per heavy atom. The van der Waals surface area contributed by atoms with Gasteiger partial charge in [0.05, 0.1) is 19.3 Å². The minimum atomic E-state index is -1.62. The summed E-state index contributed by atoms with van der Waals surface area (Å²) < 4.78 is 24.1. The Bertz CT molecular complexity index is 1930. The fourth-order valence-corrected chi connectivity index (χ4v) is 8.61. The van der Waals surface area contributed by atoms with Crippen LogP contribution in [0.25, 0.3) is 26.0 Å². The number of hydrogen-bond acceptors (Lipinski definition) is 13. The quantitative estimate of drug-likeness (QED) is 0.140. The number of hydrogen-bond donors (Lipinski definition) is 8. The highest BCUT2D eigenvalue weighted by Gasteiger charge is 2.47. The third-order valence-corrected chi connectivity index (χ3v) is 11.1. The molecule has 1 aliphatic carbocycles. The molecule has 49 heavy (non-hydrogen) atoms. The summed E-state index contributed by atoms with van der Waals surface area (Å²) in [7, 11) is 3.34. The molecule has 8 N–H and O–H groups in total. The second-order valence-electron chi connectivity index (χ2n) is 13.2. The number of aromatic hydroxyl groups is 3. The molecule has 0 bridgehead atoms. The summed E-state index contributed by atoms with van der Waals surface area (Å²) >= 11 is 3.67. The zero-order valence-electron chi connectivity index (χ0n) is 27.3. The van der Waals surface area contributed by atoms with Crippen molar-refractivity contribution in [3.05, 3.63) is 45.9 Å². The average Bonchev–Trinajstić information content (AvgIpc) is 3.08. The van der Waals surface area contributed by atoms with Crippen LogP contribution in [-0.4, -0.2) is 109 Å². The van der Waals surface area contributed by atoms with E-state index in [4.69, 9.17) is 18.9 Å². The maximum Gasteiger partial charge on any atom is 0.186 e. The van der Waals surface area contributed by atoms with Crippen LogP contribution in [0.1, 0.15) is 49.8 Å². The largest absolute Gasteiger partial charge is 0.507 e. The van der Waals surface area contributed by atoms with Crippen molar-refractivity contribution in [1.29, 1.82) is 0 Å². The van der Waals surface area contributed by atoms with Crippen LogP contribution in [0.15, 0.2) is 29.2 Å². The molecular weight excluding hydrogens is 706 g/mol. The monoisotopic (exact) mass is 745 g/mol. The number of methoxy groups -OCH3 is 1. The van der Waals surface area contributed by atoms with E-state index in [9.17, 15) is 40.9 Å². The molecular formula is C35H40BrNO12. The second-order valence-corrected chi connectivity index (χ2v) is 14.0. The average molecular weight is 747 g/mol. The molecule has 0 radical (unpaired) electrons. The van der Waals surface area contributed by atoms with Gasteiger partial charge in [0.15, 0.2) is 17.8 Å². The van der Waals surface area contributed by atoms with E-state index in [0.29, 0.717) is 32.9 Å². The number of rotatable bonds is 5. The fraction of sp³-hybridized carbons (Fsp3) is 0.486. The molecule has 3 aromatic carbocycles. The van der Waals surface area contributed by atoms with E-state index in [2.05, 4.69) is 22.9 Å². The first-order chi connectivity index (χ1) is 23.3. The van der Waals surface area contributed by atoms with Gasteiger partial charge >= 0.3 is 0 Å². The first-order valence-electron chi connectivity index (χ1n) is 16.3. The van der Waals surface area contributed by atoms with Crippen LogP contribution >= 0.6 is 15.9 Å². The Morgan fingerprint density at radius 2 is 1.61 bits per heavy atom. The summed E-state index contributed by atoms with van der Waals surface area (Å²) in [5.41, 5.74) is 2.38. The first kappa shape index (κ1) is 34.1. The van der Waals surface area contributed by atoms with Gasteiger partial charge in [0, 0.05) is 80.4 Å². The Kier molecular flexibility index (Phi) is 8.68. The van der Waals surface area contributed by atoms with Gasteiger partial charge in [-0.3, -0.25) is 0 Å². The zero-order valence-corrected chi connectivity index (χ0v) is 28.9. The molecule has 7 rings (SSSR count). The van der Waals surface area contributed by atoms with E-state index in [0.717, 1.165) is 18.5 Å². The molecule has 264 valence electrons. The molecule has 1 saturated heterocycles. The number of phenolic OH excluding ortho intramolecular Hbond substituents is 3. The highest BCUT2D eigenvalue weighted by Crippen LogP contribution is 2.56. The summed E-state index contributed by atoms with van der Waals surface area (Å²) in [6.07, 6.45) is -9.19. The highest BCUT2D eigenvalue weighted by molar-refractivity contribution is 9.15. The van der Waals surface area contributed by atoms with Gasteiger partial charge in [0.25, 0.3) is 0 Å². The lowest BCUT2D eigenvalue weighted by molar-refractivity contribution is -0.311. The number of aliphatic hydroxyl groups is 5. The number of fused-ring (bicyclic) bond motifs is 5. The second kappa shape index (κ2) is 12.5. The summed E-state index contributed by atoms with van der Waals surface area (Å²) in [6.45, 7) is 3.88. The van der Waals surface area contributed by atoms with Crippen molar-refractivity contribution in [2.45, 2.75) is 95.1 Å². The maximum atomic E-state index is 12.0. The summed E-state index contributed by atoms with van der Waals surface area (Å²) in [6, 6.07) is 3.30. The lowest BCUT2D eigenvalue weighted by Gasteiger charge is -2.43. The van der Waals surface area contributed by atoms with Crippen LogP contribution in [0.4, 0.5) is 0 Å². The normalized spacial score (nSPS) is 30.0. The van der Waals surface area contributed by atoms with E-state index in [1.165, 1.54) is 14.0 Å². The SMILES string of the molecule is CCCC1=C(Br)c2c(c(O)c3c(ccc4c(OC)c5c(c(O)c43)CC3=C(O5)C(O)CC(OC4O[C@H](C)[C@@H](O)[C@H](O)[C@@H]4O)C3O)c2O)CN1C.